The van der Waals surface area contributed by atoms with Gasteiger partial charge in [-0.1, -0.05) is 6.07 Å². The average Bonchev–Trinajstić information content (AvgIpc) is 2.17. The third-order valence-corrected chi connectivity index (χ3v) is 2.48. The summed E-state index contributed by atoms with van der Waals surface area (Å²) >= 11 is 0. The molecule has 2 atom stereocenters. The molecule has 0 saturated heterocycles. The Bertz CT molecular complexity index is 328. The van der Waals surface area contributed by atoms with E-state index in [1.807, 2.05) is 6.92 Å². The molecule has 2 unspecified atom stereocenters. The Morgan fingerprint density at radius 3 is 2.60 bits per heavy atom. The largest absolute Gasteiger partial charge is 0.508 e. The topological polar surface area (TPSA) is 92.5 Å². The van der Waals surface area contributed by atoms with Gasteiger partial charge in [-0.2, -0.15) is 0 Å². The van der Waals surface area contributed by atoms with Crippen LogP contribution in [0.25, 0.3) is 0 Å². The lowest BCUT2D eigenvalue weighted by molar-refractivity contribution is 0.142. The SMILES string of the molecule is Cc1cc(O)ccc1C(O)C(N)CCN. The van der Waals surface area contributed by atoms with E-state index in [1.54, 1.807) is 18.2 Å². The Kier molecular flexibility index (Phi) is 4.08. The molecule has 1 aromatic carbocycles. The van der Waals surface area contributed by atoms with E-state index < -0.39 is 6.10 Å². The smallest absolute Gasteiger partial charge is 0.115 e. The Morgan fingerprint density at radius 1 is 1.40 bits per heavy atom. The summed E-state index contributed by atoms with van der Waals surface area (Å²) in [5, 5.41) is 19.2. The fourth-order valence-electron chi connectivity index (χ4n) is 1.57. The van der Waals surface area contributed by atoms with Gasteiger partial charge in [-0.05, 0) is 43.1 Å². The van der Waals surface area contributed by atoms with Gasteiger partial charge in [0, 0.05) is 6.04 Å². The van der Waals surface area contributed by atoms with Crippen molar-refractivity contribution < 1.29 is 10.2 Å². The van der Waals surface area contributed by atoms with E-state index in [0.717, 1.165) is 11.1 Å². The summed E-state index contributed by atoms with van der Waals surface area (Å²) in [6.07, 6.45) is -0.157. The van der Waals surface area contributed by atoms with Crippen molar-refractivity contribution in [3.8, 4) is 5.75 Å². The molecule has 0 aliphatic rings. The van der Waals surface area contributed by atoms with E-state index >= 15 is 0 Å². The molecular weight excluding hydrogens is 192 g/mol. The normalized spacial score (nSPS) is 14.9. The van der Waals surface area contributed by atoms with Gasteiger partial charge in [0.2, 0.25) is 0 Å². The van der Waals surface area contributed by atoms with Crippen molar-refractivity contribution in [2.24, 2.45) is 11.5 Å². The number of phenols is 1. The standard InChI is InChI=1S/C11H18N2O2/c1-7-6-8(14)2-3-9(7)11(15)10(13)4-5-12/h2-3,6,10-11,14-15H,4-5,12-13H2,1H3. The lowest BCUT2D eigenvalue weighted by atomic mass is 9.96. The quantitative estimate of drug-likeness (QED) is 0.579. The summed E-state index contributed by atoms with van der Waals surface area (Å²) in [5.41, 5.74) is 12.7. The summed E-state index contributed by atoms with van der Waals surface area (Å²) in [4.78, 5) is 0. The molecule has 0 spiro atoms. The van der Waals surface area contributed by atoms with Gasteiger partial charge in [0.25, 0.3) is 0 Å². The van der Waals surface area contributed by atoms with Crippen molar-refractivity contribution in [3.63, 3.8) is 0 Å². The molecule has 0 fully saturated rings. The van der Waals surface area contributed by atoms with Crippen molar-refractivity contribution in [2.45, 2.75) is 25.5 Å². The van der Waals surface area contributed by atoms with Gasteiger partial charge < -0.3 is 21.7 Å². The fourth-order valence-corrected chi connectivity index (χ4v) is 1.57. The van der Waals surface area contributed by atoms with Crippen LogP contribution in [0, 0.1) is 6.92 Å². The lowest BCUT2D eigenvalue weighted by Gasteiger charge is -2.20. The maximum absolute atomic E-state index is 9.93. The summed E-state index contributed by atoms with van der Waals surface area (Å²) < 4.78 is 0. The van der Waals surface area contributed by atoms with Gasteiger partial charge in [-0.3, -0.25) is 0 Å². The number of aliphatic hydroxyl groups is 1. The summed E-state index contributed by atoms with van der Waals surface area (Å²) in [7, 11) is 0. The van der Waals surface area contributed by atoms with Crippen LogP contribution in [0.4, 0.5) is 0 Å². The number of aryl methyl sites for hydroxylation is 1. The van der Waals surface area contributed by atoms with E-state index in [9.17, 15) is 10.2 Å². The van der Waals surface area contributed by atoms with Gasteiger partial charge in [-0.15, -0.1) is 0 Å². The molecule has 0 amide bonds. The van der Waals surface area contributed by atoms with Gasteiger partial charge in [-0.25, -0.2) is 0 Å². The molecule has 0 radical (unpaired) electrons. The third kappa shape index (κ3) is 2.92. The number of hydrogen-bond donors (Lipinski definition) is 4. The first kappa shape index (κ1) is 12.0. The Morgan fingerprint density at radius 2 is 2.07 bits per heavy atom. The Balaban J connectivity index is 2.86. The Hall–Kier alpha value is -1.10. The molecule has 6 N–H and O–H groups in total. The number of benzene rings is 1. The minimum absolute atomic E-state index is 0.191. The second-order valence-electron chi connectivity index (χ2n) is 3.73. The van der Waals surface area contributed by atoms with Gasteiger partial charge in [0.15, 0.2) is 0 Å². The van der Waals surface area contributed by atoms with E-state index in [-0.39, 0.29) is 11.8 Å². The van der Waals surface area contributed by atoms with Crippen LogP contribution in [0.2, 0.25) is 0 Å². The number of rotatable bonds is 4. The lowest BCUT2D eigenvalue weighted by Crippen LogP contribution is -2.31. The molecule has 0 aliphatic heterocycles. The van der Waals surface area contributed by atoms with Gasteiger partial charge in [0.1, 0.15) is 5.75 Å². The first-order chi connectivity index (χ1) is 7.06. The molecule has 0 bridgehead atoms. The van der Waals surface area contributed by atoms with E-state index in [0.29, 0.717) is 13.0 Å². The minimum atomic E-state index is -0.728. The zero-order chi connectivity index (χ0) is 11.4. The number of aliphatic hydroxyl groups excluding tert-OH is 1. The fraction of sp³-hybridized carbons (Fsp3) is 0.455. The van der Waals surface area contributed by atoms with Crippen LogP contribution in [0.3, 0.4) is 0 Å². The van der Waals surface area contributed by atoms with Crippen LogP contribution in [0.15, 0.2) is 18.2 Å². The summed E-state index contributed by atoms with van der Waals surface area (Å²) in [6.45, 7) is 2.28. The highest BCUT2D eigenvalue weighted by atomic mass is 16.3. The highest BCUT2D eigenvalue weighted by Gasteiger charge is 2.17. The predicted octanol–water partition coefficient (Wildman–Crippen LogP) is 0.410. The average molecular weight is 210 g/mol. The van der Waals surface area contributed by atoms with Crippen LogP contribution in [0.1, 0.15) is 23.7 Å². The molecule has 0 aromatic heterocycles. The van der Waals surface area contributed by atoms with Crippen LogP contribution in [-0.4, -0.2) is 22.8 Å². The van der Waals surface area contributed by atoms with Crippen molar-refractivity contribution in [1.29, 1.82) is 0 Å². The first-order valence-corrected chi connectivity index (χ1v) is 4.99. The van der Waals surface area contributed by atoms with Crippen molar-refractivity contribution >= 4 is 0 Å². The monoisotopic (exact) mass is 210 g/mol. The van der Waals surface area contributed by atoms with E-state index in [4.69, 9.17) is 11.5 Å². The van der Waals surface area contributed by atoms with Crippen molar-refractivity contribution in [2.75, 3.05) is 6.54 Å². The molecule has 0 heterocycles. The Labute approximate surface area is 89.5 Å². The highest BCUT2D eigenvalue weighted by molar-refractivity contribution is 5.35. The maximum atomic E-state index is 9.93. The molecule has 15 heavy (non-hydrogen) atoms. The maximum Gasteiger partial charge on any atom is 0.115 e. The molecule has 0 aliphatic carbocycles. The van der Waals surface area contributed by atoms with E-state index in [1.165, 1.54) is 0 Å². The van der Waals surface area contributed by atoms with Crippen molar-refractivity contribution in [3.05, 3.63) is 29.3 Å². The van der Waals surface area contributed by atoms with Gasteiger partial charge >= 0.3 is 0 Å². The second-order valence-corrected chi connectivity index (χ2v) is 3.73. The summed E-state index contributed by atoms with van der Waals surface area (Å²) in [6, 6.07) is 4.47. The predicted molar refractivity (Wildman–Crippen MR) is 59.5 cm³/mol. The zero-order valence-electron chi connectivity index (χ0n) is 8.85. The van der Waals surface area contributed by atoms with Crippen LogP contribution in [0.5, 0.6) is 5.75 Å². The highest BCUT2D eigenvalue weighted by Crippen LogP contribution is 2.24. The zero-order valence-corrected chi connectivity index (χ0v) is 8.85. The van der Waals surface area contributed by atoms with Crippen LogP contribution >= 0.6 is 0 Å². The van der Waals surface area contributed by atoms with Gasteiger partial charge in [0.05, 0.1) is 6.10 Å². The third-order valence-electron chi connectivity index (χ3n) is 2.48. The number of nitrogens with two attached hydrogens (primary N) is 2. The molecule has 0 saturated carbocycles. The number of hydrogen-bond acceptors (Lipinski definition) is 4. The molecular formula is C11H18N2O2. The van der Waals surface area contributed by atoms with Crippen LogP contribution < -0.4 is 11.5 Å². The molecule has 4 nitrogen and oxygen atoms in total. The minimum Gasteiger partial charge on any atom is -0.508 e. The number of phenolic OH excluding ortho intramolecular Hbond substituents is 1. The molecule has 1 aromatic rings. The van der Waals surface area contributed by atoms with E-state index in [2.05, 4.69) is 0 Å². The summed E-state index contributed by atoms with van der Waals surface area (Å²) in [5.74, 6) is 0.191. The second kappa shape index (κ2) is 5.11. The van der Waals surface area contributed by atoms with Crippen molar-refractivity contribution in [1.82, 2.24) is 0 Å². The molecule has 4 heteroatoms. The number of aromatic hydroxyl groups is 1. The molecule has 1 rings (SSSR count). The first-order valence-electron chi connectivity index (χ1n) is 4.99. The van der Waals surface area contributed by atoms with Crippen LogP contribution in [-0.2, 0) is 0 Å². The molecule has 84 valence electrons.